The van der Waals surface area contributed by atoms with Gasteiger partial charge in [0.15, 0.2) is 0 Å². The molecule has 0 bridgehead atoms. The van der Waals surface area contributed by atoms with Gasteiger partial charge in [0.25, 0.3) is 0 Å². The fourth-order valence-corrected chi connectivity index (χ4v) is 4.42. The molecule has 35 heavy (non-hydrogen) atoms. The number of phenolic OH excluding ortho intramolecular Hbond substituents is 1. The number of aromatic hydroxyl groups is 1. The first-order valence-electron chi connectivity index (χ1n) is 12.4. The summed E-state index contributed by atoms with van der Waals surface area (Å²) in [7, 11) is 2.11. The molecule has 0 saturated carbocycles. The molecule has 1 aliphatic rings. The van der Waals surface area contributed by atoms with E-state index < -0.39 is 0 Å². The van der Waals surface area contributed by atoms with E-state index in [9.17, 15) is 15.0 Å². The van der Waals surface area contributed by atoms with E-state index in [1.807, 2.05) is 19.1 Å². The number of hydrogen-bond donors (Lipinski definition) is 4. The van der Waals surface area contributed by atoms with Crippen LogP contribution >= 0.6 is 0 Å². The number of phenols is 1. The molecule has 1 fully saturated rings. The molecule has 5 N–H and O–H groups in total. The third kappa shape index (κ3) is 7.80. The smallest absolute Gasteiger partial charge is 0.310 e. The summed E-state index contributed by atoms with van der Waals surface area (Å²) in [6.45, 7) is 6.39. The maximum Gasteiger partial charge on any atom is 0.310 e. The highest BCUT2D eigenvalue weighted by Gasteiger charge is 2.19. The maximum absolute atomic E-state index is 12.3. The molecular formula is C26H39N5O4. The van der Waals surface area contributed by atoms with E-state index >= 15 is 0 Å². The highest BCUT2D eigenvalue weighted by atomic mass is 16.5. The van der Waals surface area contributed by atoms with Crippen molar-refractivity contribution in [3.05, 3.63) is 40.6 Å². The van der Waals surface area contributed by atoms with Crippen LogP contribution < -0.4 is 11.1 Å². The van der Waals surface area contributed by atoms with Gasteiger partial charge in [-0.2, -0.15) is 4.98 Å². The molecule has 9 nitrogen and oxygen atoms in total. The molecular weight excluding hydrogens is 446 g/mol. The number of carbonyl (C=O) groups is 1. The molecule has 9 heteroatoms. The van der Waals surface area contributed by atoms with Crippen molar-refractivity contribution in [3.8, 4) is 5.75 Å². The monoisotopic (exact) mass is 485 g/mol. The maximum atomic E-state index is 12.3. The summed E-state index contributed by atoms with van der Waals surface area (Å²) in [5, 5.41) is 23.7. The Labute approximate surface area is 207 Å². The minimum atomic E-state index is -0.281. The van der Waals surface area contributed by atoms with Crippen LogP contribution in [0.3, 0.4) is 0 Å². The van der Waals surface area contributed by atoms with Gasteiger partial charge in [-0.1, -0.05) is 25.5 Å². The Balaban J connectivity index is 1.65. The van der Waals surface area contributed by atoms with Gasteiger partial charge in [-0.15, -0.1) is 0 Å². The van der Waals surface area contributed by atoms with Crippen LogP contribution in [0.15, 0.2) is 18.2 Å². The molecule has 1 aromatic heterocycles. The Morgan fingerprint density at radius 3 is 2.71 bits per heavy atom. The van der Waals surface area contributed by atoms with Gasteiger partial charge in [-0.3, -0.25) is 4.79 Å². The first kappa shape index (κ1) is 26.7. The summed E-state index contributed by atoms with van der Waals surface area (Å²) in [4.78, 5) is 23.3. The van der Waals surface area contributed by atoms with Crippen LogP contribution in [0.25, 0.3) is 0 Å². The van der Waals surface area contributed by atoms with Crippen LogP contribution in [0.4, 0.5) is 11.8 Å². The number of aryl methyl sites for hydroxylation is 1. The van der Waals surface area contributed by atoms with E-state index in [-0.39, 0.29) is 36.7 Å². The summed E-state index contributed by atoms with van der Waals surface area (Å²) in [6.07, 6.45) is 4.28. The fourth-order valence-electron chi connectivity index (χ4n) is 4.42. The second-order valence-corrected chi connectivity index (χ2v) is 9.55. The third-order valence-electron chi connectivity index (χ3n) is 6.61. The van der Waals surface area contributed by atoms with E-state index in [0.29, 0.717) is 41.6 Å². The predicted molar refractivity (Wildman–Crippen MR) is 136 cm³/mol. The van der Waals surface area contributed by atoms with Crippen LogP contribution in [-0.2, 0) is 22.4 Å². The summed E-state index contributed by atoms with van der Waals surface area (Å²) < 4.78 is 5.50. The average Bonchev–Trinajstić information content (AvgIpc) is 2.81. The van der Waals surface area contributed by atoms with E-state index in [1.165, 1.54) is 0 Å². The predicted octanol–water partition coefficient (Wildman–Crippen LogP) is 2.66. The van der Waals surface area contributed by atoms with Crippen molar-refractivity contribution < 1.29 is 19.7 Å². The molecule has 2 aromatic rings. The average molecular weight is 486 g/mol. The number of carbonyl (C=O) groups excluding carboxylic acids is 1. The number of likely N-dealkylation sites (tertiary alicyclic amines) is 1. The van der Waals surface area contributed by atoms with Gasteiger partial charge in [0.05, 0.1) is 25.7 Å². The molecule has 0 aliphatic carbocycles. The molecule has 1 saturated heterocycles. The minimum absolute atomic E-state index is 0.0237. The highest BCUT2D eigenvalue weighted by molar-refractivity contribution is 5.72. The molecule has 0 spiro atoms. The highest BCUT2D eigenvalue weighted by Crippen LogP contribution is 2.28. The van der Waals surface area contributed by atoms with E-state index in [0.717, 1.165) is 44.3 Å². The lowest BCUT2D eigenvalue weighted by Crippen LogP contribution is -2.32. The second-order valence-electron chi connectivity index (χ2n) is 9.55. The number of nitrogens with two attached hydrogens (primary N) is 1. The number of nitrogens with zero attached hydrogens (tertiary/aromatic N) is 3. The molecule has 2 heterocycles. The number of benzene rings is 1. The van der Waals surface area contributed by atoms with Gasteiger partial charge in [-0.05, 0) is 69.4 Å². The number of nitrogens with one attached hydrogen (secondary N) is 1. The van der Waals surface area contributed by atoms with Crippen LogP contribution in [0.2, 0.25) is 0 Å². The summed E-state index contributed by atoms with van der Waals surface area (Å²) >= 11 is 0. The van der Waals surface area contributed by atoms with Gasteiger partial charge >= 0.3 is 5.97 Å². The molecule has 0 radical (unpaired) electrons. The second kappa shape index (κ2) is 12.7. The van der Waals surface area contributed by atoms with Crippen molar-refractivity contribution >= 4 is 17.7 Å². The summed E-state index contributed by atoms with van der Waals surface area (Å²) in [6, 6.07) is 5.11. The molecule has 1 unspecified atom stereocenters. The first-order valence-corrected chi connectivity index (χ1v) is 12.4. The Kier molecular flexibility index (Phi) is 9.68. The largest absolute Gasteiger partial charge is 0.508 e. The van der Waals surface area contributed by atoms with Crippen molar-refractivity contribution in [1.29, 1.82) is 0 Å². The van der Waals surface area contributed by atoms with Crippen molar-refractivity contribution in [3.63, 3.8) is 0 Å². The number of ether oxygens (including phenoxy) is 1. The first-order chi connectivity index (χ1) is 16.8. The van der Waals surface area contributed by atoms with E-state index in [4.69, 9.17) is 10.5 Å². The number of hydrogen-bond acceptors (Lipinski definition) is 9. The molecule has 1 aromatic carbocycles. The zero-order valence-electron chi connectivity index (χ0n) is 21.1. The third-order valence-corrected chi connectivity index (χ3v) is 6.61. The lowest BCUT2D eigenvalue weighted by Gasteiger charge is -2.28. The summed E-state index contributed by atoms with van der Waals surface area (Å²) in [5.74, 6) is 0.946. The van der Waals surface area contributed by atoms with Crippen molar-refractivity contribution in [2.75, 3.05) is 44.4 Å². The van der Waals surface area contributed by atoms with Gasteiger partial charge in [0, 0.05) is 17.7 Å². The number of aliphatic hydroxyl groups excluding tert-OH is 1. The van der Waals surface area contributed by atoms with E-state index in [1.54, 1.807) is 6.07 Å². The Hall–Kier alpha value is -2.91. The molecule has 0 amide bonds. The lowest BCUT2D eigenvalue weighted by molar-refractivity contribution is -0.144. The van der Waals surface area contributed by atoms with Crippen LogP contribution in [-0.4, -0.2) is 70.4 Å². The number of esters is 1. The van der Waals surface area contributed by atoms with Gasteiger partial charge in [-0.25, -0.2) is 4.98 Å². The molecule has 192 valence electrons. The lowest BCUT2D eigenvalue weighted by atomic mass is 9.98. The number of aromatic nitrogens is 2. The van der Waals surface area contributed by atoms with Crippen molar-refractivity contribution in [2.24, 2.45) is 5.92 Å². The Morgan fingerprint density at radius 2 is 2.06 bits per heavy atom. The standard InChI is InChI=1S/C26H39N5O4/c1-4-5-21(15-32)29-25-22(17(2)28-26(27)30-25)14-20-7-6-19(12-23(20)33)13-24(34)35-16-18-8-10-31(3)11-9-18/h6-7,12,18,21,32-33H,4-5,8-11,13-16H2,1-3H3,(H3,27,28,29,30). The van der Waals surface area contributed by atoms with Crippen LogP contribution in [0.5, 0.6) is 5.75 Å². The zero-order chi connectivity index (χ0) is 25.4. The quantitative estimate of drug-likeness (QED) is 0.354. The van der Waals surface area contributed by atoms with Gasteiger partial charge < -0.3 is 30.9 Å². The SMILES string of the molecule is CCCC(CO)Nc1nc(N)nc(C)c1Cc1ccc(CC(=O)OCC2CCN(C)CC2)cc1O. The Bertz CT molecular complexity index is 992. The normalized spacial score (nSPS) is 15.7. The van der Waals surface area contributed by atoms with Gasteiger partial charge in [0.1, 0.15) is 11.6 Å². The van der Waals surface area contributed by atoms with Crippen LogP contribution in [0, 0.1) is 12.8 Å². The number of rotatable bonds is 11. The van der Waals surface area contributed by atoms with Crippen molar-refractivity contribution in [1.82, 2.24) is 14.9 Å². The number of nitrogen functional groups attached to an aromatic ring is 1. The molecule has 3 rings (SSSR count). The molecule has 1 aliphatic heterocycles. The van der Waals surface area contributed by atoms with E-state index in [2.05, 4.69) is 34.2 Å². The number of anilines is 2. The number of piperidine rings is 1. The van der Waals surface area contributed by atoms with Gasteiger partial charge in [0.2, 0.25) is 5.95 Å². The topological polar surface area (TPSA) is 134 Å². The molecule has 1 atom stereocenters. The summed E-state index contributed by atoms with van der Waals surface area (Å²) in [5.41, 5.74) is 8.76. The number of aliphatic hydroxyl groups is 1. The van der Waals surface area contributed by atoms with Crippen molar-refractivity contribution in [2.45, 2.75) is 58.4 Å². The van der Waals surface area contributed by atoms with Crippen LogP contribution in [0.1, 0.15) is 55.0 Å². The minimum Gasteiger partial charge on any atom is -0.508 e. The fraction of sp³-hybridized carbons (Fsp3) is 0.577. The Morgan fingerprint density at radius 1 is 1.31 bits per heavy atom. The zero-order valence-corrected chi connectivity index (χ0v) is 21.1.